The number of nitrogens with zero attached hydrogens (tertiary/aromatic N) is 1. The van der Waals surface area contributed by atoms with Crippen molar-refractivity contribution in [1.82, 2.24) is 4.98 Å². The molecule has 0 fully saturated rings. The summed E-state index contributed by atoms with van der Waals surface area (Å²) in [6.45, 7) is 8.69. The zero-order valence-electron chi connectivity index (χ0n) is 9.66. The van der Waals surface area contributed by atoms with E-state index in [1.807, 2.05) is 13.8 Å². The average Bonchev–Trinajstić information content (AvgIpc) is 2.13. The van der Waals surface area contributed by atoms with E-state index in [0.29, 0.717) is 11.3 Å². The van der Waals surface area contributed by atoms with Gasteiger partial charge in [-0.15, -0.1) is 0 Å². The molecule has 0 aliphatic carbocycles. The van der Waals surface area contributed by atoms with Crippen LogP contribution >= 0.6 is 0 Å². The highest BCUT2D eigenvalue weighted by Crippen LogP contribution is 2.31. The first-order valence-electron chi connectivity index (χ1n) is 4.84. The molecule has 0 atom stereocenters. The van der Waals surface area contributed by atoms with Crippen LogP contribution < -0.4 is 0 Å². The van der Waals surface area contributed by atoms with E-state index in [9.17, 15) is 13.2 Å². The van der Waals surface area contributed by atoms with E-state index in [1.54, 1.807) is 13.8 Å². The number of aryl methyl sites for hydroxylation is 3. The molecule has 1 aromatic heterocycles. The fourth-order valence-corrected chi connectivity index (χ4v) is 1.11. The zero-order valence-corrected chi connectivity index (χ0v) is 9.66. The number of hydrogen-bond donors (Lipinski definition) is 0. The van der Waals surface area contributed by atoms with E-state index in [-0.39, 0.29) is 5.69 Å². The van der Waals surface area contributed by atoms with E-state index < -0.39 is 11.7 Å². The molecule has 0 aliphatic rings. The van der Waals surface area contributed by atoms with Crippen LogP contribution in [0.4, 0.5) is 13.2 Å². The van der Waals surface area contributed by atoms with Crippen LogP contribution in [0.2, 0.25) is 0 Å². The van der Waals surface area contributed by atoms with Gasteiger partial charge < -0.3 is 0 Å². The maximum atomic E-state index is 12.3. The minimum Gasteiger partial charge on any atom is -0.258 e. The third-order valence-corrected chi connectivity index (χ3v) is 1.96. The third-order valence-electron chi connectivity index (χ3n) is 1.96. The van der Waals surface area contributed by atoms with Crippen LogP contribution in [0.5, 0.6) is 0 Å². The Morgan fingerprint density at radius 3 is 1.87 bits per heavy atom. The highest BCUT2D eigenvalue weighted by atomic mass is 19.4. The van der Waals surface area contributed by atoms with Crippen molar-refractivity contribution < 1.29 is 13.2 Å². The van der Waals surface area contributed by atoms with Gasteiger partial charge in [0.1, 0.15) is 0 Å². The van der Waals surface area contributed by atoms with Crippen LogP contribution in [-0.2, 0) is 6.18 Å². The first-order chi connectivity index (χ1) is 6.82. The molecule has 0 saturated carbocycles. The van der Waals surface area contributed by atoms with Crippen LogP contribution in [0.3, 0.4) is 0 Å². The molecule has 1 heterocycles. The molecule has 0 amide bonds. The molecule has 1 rings (SSSR count). The summed E-state index contributed by atoms with van der Waals surface area (Å²) in [6, 6.07) is 1.14. The Bertz CT molecular complexity index is 329. The van der Waals surface area contributed by atoms with Gasteiger partial charge in [0.05, 0.1) is 5.56 Å². The molecule has 0 radical (unpaired) electrons. The van der Waals surface area contributed by atoms with Gasteiger partial charge >= 0.3 is 6.18 Å². The summed E-state index contributed by atoms with van der Waals surface area (Å²) in [6.07, 6.45) is -4.30. The zero-order chi connectivity index (χ0) is 12.2. The van der Waals surface area contributed by atoms with Gasteiger partial charge in [-0.1, -0.05) is 13.8 Å². The lowest BCUT2D eigenvalue weighted by molar-refractivity contribution is -0.138. The summed E-state index contributed by atoms with van der Waals surface area (Å²) < 4.78 is 37.0. The molecule has 0 saturated heterocycles. The van der Waals surface area contributed by atoms with Crippen molar-refractivity contribution in [3.05, 3.63) is 28.6 Å². The lowest BCUT2D eigenvalue weighted by Crippen LogP contribution is -2.10. The number of hydrogen-bond acceptors (Lipinski definition) is 1. The van der Waals surface area contributed by atoms with Gasteiger partial charge in [0.15, 0.2) is 0 Å². The number of aromatic nitrogens is 1. The van der Waals surface area contributed by atoms with E-state index >= 15 is 0 Å². The maximum absolute atomic E-state index is 12.3. The predicted molar refractivity (Wildman–Crippen MR) is 54.8 cm³/mol. The molecule has 0 unspecified atom stereocenters. The van der Waals surface area contributed by atoms with E-state index in [1.165, 1.54) is 6.92 Å². The Morgan fingerprint density at radius 1 is 1.00 bits per heavy atom. The quantitative estimate of drug-likeness (QED) is 0.641. The van der Waals surface area contributed by atoms with Crippen molar-refractivity contribution in [2.75, 3.05) is 0 Å². The van der Waals surface area contributed by atoms with E-state index in [0.717, 1.165) is 6.07 Å². The second-order valence-electron chi connectivity index (χ2n) is 3.02. The molecule has 0 spiro atoms. The number of pyridine rings is 1. The highest BCUT2D eigenvalue weighted by molar-refractivity contribution is 5.30. The van der Waals surface area contributed by atoms with Crippen molar-refractivity contribution in [2.45, 2.75) is 40.8 Å². The number of rotatable bonds is 0. The summed E-state index contributed by atoms with van der Waals surface area (Å²) >= 11 is 0. The van der Waals surface area contributed by atoms with Crippen LogP contribution in [0.1, 0.15) is 36.4 Å². The summed E-state index contributed by atoms with van der Waals surface area (Å²) in [5.74, 6) is 0. The van der Waals surface area contributed by atoms with Crippen molar-refractivity contribution in [3.8, 4) is 0 Å². The number of alkyl halides is 3. The van der Waals surface area contributed by atoms with Crippen LogP contribution in [0, 0.1) is 20.8 Å². The lowest BCUT2D eigenvalue weighted by atomic mass is 10.1. The largest absolute Gasteiger partial charge is 0.418 e. The maximum Gasteiger partial charge on any atom is 0.418 e. The SMILES string of the molecule is CC.Cc1cc(C(F)(F)F)c(C)nc1C. The first kappa shape index (κ1) is 13.9. The fourth-order valence-electron chi connectivity index (χ4n) is 1.11. The molecular weight excluding hydrogens is 203 g/mol. The van der Waals surface area contributed by atoms with E-state index in [2.05, 4.69) is 4.98 Å². The summed E-state index contributed by atoms with van der Waals surface area (Å²) in [7, 11) is 0. The Labute approximate surface area is 88.3 Å². The predicted octanol–water partition coefficient (Wildman–Crippen LogP) is 4.05. The normalized spacial score (nSPS) is 10.7. The minimum atomic E-state index is -4.30. The Kier molecular flexibility index (Phi) is 4.78. The van der Waals surface area contributed by atoms with Crippen LogP contribution in [0.15, 0.2) is 6.07 Å². The molecule has 0 bridgehead atoms. The van der Waals surface area contributed by atoms with Crippen molar-refractivity contribution >= 4 is 0 Å². The third kappa shape index (κ3) is 3.53. The Balaban J connectivity index is 0.000000921. The van der Waals surface area contributed by atoms with Gasteiger partial charge in [-0.25, -0.2) is 0 Å². The monoisotopic (exact) mass is 219 g/mol. The first-order valence-corrected chi connectivity index (χ1v) is 4.84. The molecule has 0 aromatic carbocycles. The van der Waals surface area contributed by atoms with E-state index in [4.69, 9.17) is 0 Å². The average molecular weight is 219 g/mol. The molecule has 86 valence electrons. The van der Waals surface area contributed by atoms with Gasteiger partial charge in [0, 0.05) is 11.4 Å². The van der Waals surface area contributed by atoms with Crippen molar-refractivity contribution in [3.63, 3.8) is 0 Å². The van der Waals surface area contributed by atoms with Gasteiger partial charge in [-0.3, -0.25) is 4.98 Å². The lowest BCUT2D eigenvalue weighted by Gasteiger charge is -2.11. The summed E-state index contributed by atoms with van der Waals surface area (Å²) in [5.41, 5.74) is 0.606. The molecule has 4 heteroatoms. The Morgan fingerprint density at radius 2 is 1.47 bits per heavy atom. The molecular formula is C11H16F3N. The van der Waals surface area contributed by atoms with Crippen LogP contribution in [-0.4, -0.2) is 4.98 Å². The molecule has 0 N–H and O–H groups in total. The second kappa shape index (κ2) is 5.14. The summed E-state index contributed by atoms with van der Waals surface area (Å²) in [4.78, 5) is 3.82. The standard InChI is InChI=1S/C9H10F3N.C2H6/c1-5-4-8(9(10,11)12)7(3)13-6(5)2;1-2/h4H,1-3H3;1-2H3. The van der Waals surface area contributed by atoms with Gasteiger partial charge in [0.25, 0.3) is 0 Å². The van der Waals surface area contributed by atoms with Crippen molar-refractivity contribution in [2.24, 2.45) is 0 Å². The highest BCUT2D eigenvalue weighted by Gasteiger charge is 2.33. The fraction of sp³-hybridized carbons (Fsp3) is 0.545. The smallest absolute Gasteiger partial charge is 0.258 e. The molecule has 1 nitrogen and oxygen atoms in total. The molecule has 0 aliphatic heterocycles. The van der Waals surface area contributed by atoms with Gasteiger partial charge in [-0.05, 0) is 32.4 Å². The molecule has 1 aromatic rings. The van der Waals surface area contributed by atoms with Gasteiger partial charge in [-0.2, -0.15) is 13.2 Å². The number of halogens is 3. The van der Waals surface area contributed by atoms with Crippen molar-refractivity contribution in [1.29, 1.82) is 0 Å². The Hall–Kier alpha value is -1.06. The topological polar surface area (TPSA) is 12.9 Å². The molecule has 15 heavy (non-hydrogen) atoms. The van der Waals surface area contributed by atoms with Gasteiger partial charge in [0.2, 0.25) is 0 Å². The second-order valence-corrected chi connectivity index (χ2v) is 3.02. The van der Waals surface area contributed by atoms with Crippen LogP contribution in [0.25, 0.3) is 0 Å². The minimum absolute atomic E-state index is 0.0376. The summed E-state index contributed by atoms with van der Waals surface area (Å²) in [5, 5.41) is 0.